The molecule has 5 nitrogen and oxygen atoms in total. The Morgan fingerprint density at radius 3 is 2.19 bits per heavy atom. The van der Waals surface area contributed by atoms with Crippen molar-refractivity contribution in [3.63, 3.8) is 0 Å². The zero-order valence-corrected chi connectivity index (χ0v) is 19.7. The highest BCUT2D eigenvalue weighted by Crippen LogP contribution is 2.29. The molecule has 0 bridgehead atoms. The molecule has 0 aromatic heterocycles. The molecule has 3 aromatic rings. The molecule has 3 aromatic carbocycles. The number of sulfonamides is 1. The number of carbonyl (C=O) groups is 1. The van der Waals surface area contributed by atoms with Gasteiger partial charge in [0.1, 0.15) is 4.90 Å². The third-order valence-electron chi connectivity index (χ3n) is 4.24. The Morgan fingerprint density at radius 2 is 1.52 bits per heavy atom. The van der Waals surface area contributed by atoms with Crippen molar-refractivity contribution in [2.45, 2.75) is 11.4 Å². The Bertz CT molecular complexity index is 1200. The molecule has 0 aliphatic carbocycles. The molecule has 0 heterocycles. The number of hydrogen-bond donors (Lipinski definition) is 1. The van der Waals surface area contributed by atoms with E-state index in [4.69, 9.17) is 46.4 Å². The summed E-state index contributed by atoms with van der Waals surface area (Å²) >= 11 is 24.0. The summed E-state index contributed by atoms with van der Waals surface area (Å²) in [4.78, 5) is 12.5. The highest BCUT2D eigenvalue weighted by molar-refractivity contribution is 7.89. The van der Waals surface area contributed by atoms with Gasteiger partial charge in [-0.2, -0.15) is 4.31 Å². The first-order valence-electron chi connectivity index (χ1n) is 8.91. The van der Waals surface area contributed by atoms with E-state index in [0.717, 1.165) is 4.31 Å². The second-order valence-corrected chi connectivity index (χ2v) is 10.1. The maximum absolute atomic E-state index is 13.4. The molecule has 3 rings (SSSR count). The Morgan fingerprint density at radius 1 is 0.839 bits per heavy atom. The van der Waals surface area contributed by atoms with Gasteiger partial charge in [0.25, 0.3) is 0 Å². The van der Waals surface area contributed by atoms with Crippen molar-refractivity contribution in [3.8, 4) is 0 Å². The molecule has 162 valence electrons. The molecule has 0 atom stereocenters. The van der Waals surface area contributed by atoms with E-state index in [1.165, 1.54) is 30.3 Å². The summed E-state index contributed by atoms with van der Waals surface area (Å²) in [5.74, 6) is -0.559. The van der Waals surface area contributed by atoms with Gasteiger partial charge in [-0.1, -0.05) is 76.7 Å². The summed E-state index contributed by atoms with van der Waals surface area (Å²) in [5, 5.41) is 3.45. The number of nitrogens with one attached hydrogen (secondary N) is 1. The second-order valence-electron chi connectivity index (χ2n) is 6.51. The van der Waals surface area contributed by atoms with Crippen LogP contribution in [0.4, 0.5) is 5.69 Å². The molecule has 0 fully saturated rings. The van der Waals surface area contributed by atoms with Crippen molar-refractivity contribution < 1.29 is 13.2 Å². The lowest BCUT2D eigenvalue weighted by Gasteiger charge is -2.22. The van der Waals surface area contributed by atoms with Crippen LogP contribution in [0.15, 0.2) is 71.6 Å². The minimum absolute atomic E-state index is 0.00681. The van der Waals surface area contributed by atoms with Gasteiger partial charge >= 0.3 is 0 Å². The van der Waals surface area contributed by atoms with Crippen LogP contribution in [0.5, 0.6) is 0 Å². The predicted molar refractivity (Wildman–Crippen MR) is 126 cm³/mol. The Hall–Kier alpha value is -1.80. The molecule has 10 heteroatoms. The zero-order chi connectivity index (χ0) is 22.6. The number of rotatable bonds is 7. The van der Waals surface area contributed by atoms with Crippen LogP contribution in [0.2, 0.25) is 20.1 Å². The van der Waals surface area contributed by atoms with E-state index >= 15 is 0 Å². The molecule has 0 aliphatic rings. The van der Waals surface area contributed by atoms with Crippen LogP contribution in [-0.4, -0.2) is 25.2 Å². The summed E-state index contributed by atoms with van der Waals surface area (Å²) in [6, 6.07) is 17.6. The van der Waals surface area contributed by atoms with Gasteiger partial charge in [-0.3, -0.25) is 4.79 Å². The Kier molecular flexibility index (Phi) is 7.86. The average Bonchev–Trinajstić information content (AvgIpc) is 2.72. The molecular weight excluding hydrogens is 502 g/mol. The minimum Gasteiger partial charge on any atom is -0.325 e. The van der Waals surface area contributed by atoms with E-state index in [1.54, 1.807) is 30.3 Å². The lowest BCUT2D eigenvalue weighted by Crippen LogP contribution is -2.37. The number of hydrogen-bond acceptors (Lipinski definition) is 3. The molecular formula is C21H16Cl4N2O3S. The van der Waals surface area contributed by atoms with Crippen molar-refractivity contribution in [3.05, 3.63) is 92.4 Å². The van der Waals surface area contributed by atoms with Gasteiger partial charge in [0.2, 0.25) is 15.9 Å². The molecule has 0 radical (unpaired) electrons. The van der Waals surface area contributed by atoms with Crippen molar-refractivity contribution in [1.82, 2.24) is 4.31 Å². The van der Waals surface area contributed by atoms with Crippen LogP contribution in [0, 0.1) is 0 Å². The molecule has 0 saturated carbocycles. The van der Waals surface area contributed by atoms with Gasteiger partial charge in [0.15, 0.2) is 0 Å². The highest BCUT2D eigenvalue weighted by Gasteiger charge is 2.29. The van der Waals surface area contributed by atoms with Gasteiger partial charge in [0.05, 0.1) is 21.6 Å². The third-order valence-corrected chi connectivity index (χ3v) is 7.48. The topological polar surface area (TPSA) is 66.5 Å². The van der Waals surface area contributed by atoms with Gasteiger partial charge in [-0.25, -0.2) is 8.42 Å². The fourth-order valence-corrected chi connectivity index (χ4v) is 5.18. The normalized spacial score (nSPS) is 11.5. The summed E-state index contributed by atoms with van der Waals surface area (Å²) < 4.78 is 27.8. The molecule has 0 saturated heterocycles. The zero-order valence-electron chi connectivity index (χ0n) is 15.9. The molecule has 1 amide bonds. The molecule has 0 spiro atoms. The predicted octanol–water partition coefficient (Wildman–Crippen LogP) is 6.13. The number of halogens is 4. The standard InChI is InChI=1S/C21H16Cl4N2O3S/c22-15-6-8-18(24)20(10-15)31(29,30)27(12-14-4-2-1-3-5-14)13-21(28)26-16-7-9-17(23)19(25)11-16/h1-11H,12-13H2,(H,26,28). The van der Waals surface area contributed by atoms with Crippen LogP contribution in [-0.2, 0) is 21.4 Å². The summed E-state index contributed by atoms with van der Waals surface area (Å²) in [5.41, 5.74) is 1.09. The van der Waals surface area contributed by atoms with Crippen LogP contribution in [0.3, 0.4) is 0 Å². The Labute approximate surface area is 200 Å². The van der Waals surface area contributed by atoms with Crippen molar-refractivity contribution in [2.75, 3.05) is 11.9 Å². The highest BCUT2D eigenvalue weighted by atomic mass is 35.5. The van der Waals surface area contributed by atoms with Gasteiger partial charge in [-0.05, 0) is 42.0 Å². The van der Waals surface area contributed by atoms with Crippen LogP contribution in [0.25, 0.3) is 0 Å². The lowest BCUT2D eigenvalue weighted by atomic mass is 10.2. The lowest BCUT2D eigenvalue weighted by molar-refractivity contribution is -0.116. The molecule has 0 aliphatic heterocycles. The van der Waals surface area contributed by atoms with Crippen molar-refractivity contribution >= 4 is 68.0 Å². The first kappa shape index (κ1) is 23.9. The van der Waals surface area contributed by atoms with Crippen LogP contribution in [0.1, 0.15) is 5.56 Å². The monoisotopic (exact) mass is 516 g/mol. The molecule has 1 N–H and O–H groups in total. The fraction of sp³-hybridized carbons (Fsp3) is 0.0952. The maximum Gasteiger partial charge on any atom is 0.245 e. The summed E-state index contributed by atoms with van der Waals surface area (Å²) in [6.07, 6.45) is 0. The van der Waals surface area contributed by atoms with Crippen LogP contribution >= 0.6 is 46.4 Å². The van der Waals surface area contributed by atoms with Gasteiger partial charge in [-0.15, -0.1) is 0 Å². The first-order valence-corrected chi connectivity index (χ1v) is 11.9. The number of nitrogens with zero attached hydrogens (tertiary/aromatic N) is 1. The molecule has 31 heavy (non-hydrogen) atoms. The number of amides is 1. The van der Waals surface area contributed by atoms with E-state index in [1.807, 2.05) is 6.07 Å². The SMILES string of the molecule is O=C(CN(Cc1ccccc1)S(=O)(=O)c1cc(Cl)ccc1Cl)Nc1ccc(Cl)c(Cl)c1. The quantitative estimate of drug-likeness (QED) is 0.410. The third kappa shape index (κ3) is 6.13. The smallest absolute Gasteiger partial charge is 0.245 e. The summed E-state index contributed by atoms with van der Waals surface area (Å²) in [6.45, 7) is -0.499. The largest absolute Gasteiger partial charge is 0.325 e. The number of anilines is 1. The van der Waals surface area contributed by atoms with E-state index < -0.39 is 22.5 Å². The molecule has 0 unspecified atom stereocenters. The maximum atomic E-state index is 13.4. The Balaban J connectivity index is 1.91. The first-order chi connectivity index (χ1) is 14.7. The van der Waals surface area contributed by atoms with E-state index in [0.29, 0.717) is 16.3 Å². The van der Waals surface area contributed by atoms with E-state index in [-0.39, 0.29) is 26.5 Å². The number of benzene rings is 3. The van der Waals surface area contributed by atoms with Gasteiger partial charge in [0, 0.05) is 17.3 Å². The second kappa shape index (κ2) is 10.2. The van der Waals surface area contributed by atoms with E-state index in [2.05, 4.69) is 5.32 Å². The van der Waals surface area contributed by atoms with Crippen LogP contribution < -0.4 is 5.32 Å². The minimum atomic E-state index is -4.15. The van der Waals surface area contributed by atoms with E-state index in [9.17, 15) is 13.2 Å². The van der Waals surface area contributed by atoms with Crippen molar-refractivity contribution in [1.29, 1.82) is 0 Å². The van der Waals surface area contributed by atoms with Crippen molar-refractivity contribution in [2.24, 2.45) is 0 Å². The summed E-state index contributed by atoms with van der Waals surface area (Å²) in [7, 11) is -4.15. The number of carbonyl (C=O) groups excluding carboxylic acids is 1. The van der Waals surface area contributed by atoms with Gasteiger partial charge < -0.3 is 5.32 Å². The fourth-order valence-electron chi connectivity index (χ4n) is 2.76. The average molecular weight is 518 g/mol.